The monoisotopic (exact) mass is 480 g/mol. The molecule has 2 aromatic rings. The molecule has 7 heteroatoms. The molecular weight excluding hydrogens is 455 g/mol. The molecule has 2 N–H and O–H groups in total. The van der Waals surface area contributed by atoms with E-state index in [-0.39, 0.29) is 29.4 Å². The molecule has 6 nitrogen and oxygen atoms in total. The van der Waals surface area contributed by atoms with E-state index in [0.717, 1.165) is 42.7 Å². The number of halogens is 1. The average Bonchev–Trinajstić information content (AvgIpc) is 3.33. The van der Waals surface area contributed by atoms with E-state index in [1.165, 1.54) is 18.4 Å². The van der Waals surface area contributed by atoms with Gasteiger partial charge in [0.2, 0.25) is 6.79 Å². The van der Waals surface area contributed by atoms with Crippen molar-refractivity contribution in [2.75, 3.05) is 26.9 Å². The molecule has 1 aliphatic heterocycles. The molecule has 1 aromatic carbocycles. The lowest BCUT2D eigenvalue weighted by Crippen LogP contribution is -2.42. The lowest BCUT2D eigenvalue weighted by Gasteiger charge is -2.19. The normalized spacial score (nSPS) is 16.4. The molecule has 0 radical (unpaired) electrons. The molecule has 0 amide bonds. The van der Waals surface area contributed by atoms with Gasteiger partial charge < -0.3 is 20.1 Å². The zero-order valence-corrected chi connectivity index (χ0v) is 17.7. The van der Waals surface area contributed by atoms with Crippen LogP contribution in [0.25, 0.3) is 0 Å². The highest BCUT2D eigenvalue weighted by Gasteiger charge is 2.44. The minimum absolute atomic E-state index is 0. The molecular formula is C20H25IN4O2. The van der Waals surface area contributed by atoms with Crippen molar-refractivity contribution in [1.29, 1.82) is 0 Å². The van der Waals surface area contributed by atoms with Crippen molar-refractivity contribution < 1.29 is 9.47 Å². The standard InChI is InChI=1S/C20H24N4O2.HI/c1-21-19(23-11-7-16-4-2-3-10-22-16)24-13-20(8-9-20)15-5-6-17-18(12-15)26-14-25-17;/h2-6,10,12H,7-9,11,13-14H2,1H3,(H2,21,23,24);1H. The molecule has 144 valence electrons. The second-order valence-electron chi connectivity index (χ2n) is 6.77. The zero-order chi connectivity index (χ0) is 17.8. The molecule has 1 fully saturated rings. The summed E-state index contributed by atoms with van der Waals surface area (Å²) in [5.41, 5.74) is 2.55. The summed E-state index contributed by atoms with van der Waals surface area (Å²) >= 11 is 0. The van der Waals surface area contributed by atoms with Gasteiger partial charge in [-0.15, -0.1) is 24.0 Å². The van der Waals surface area contributed by atoms with E-state index >= 15 is 0 Å². The number of nitrogens with one attached hydrogen (secondary N) is 2. The summed E-state index contributed by atoms with van der Waals surface area (Å²) in [6, 6.07) is 12.3. The second kappa shape index (κ2) is 8.77. The van der Waals surface area contributed by atoms with Crippen molar-refractivity contribution in [1.82, 2.24) is 15.6 Å². The van der Waals surface area contributed by atoms with Gasteiger partial charge in [0.15, 0.2) is 17.5 Å². The number of rotatable bonds is 6. The van der Waals surface area contributed by atoms with Gasteiger partial charge in [-0.1, -0.05) is 12.1 Å². The largest absolute Gasteiger partial charge is 0.454 e. The van der Waals surface area contributed by atoms with E-state index in [2.05, 4.69) is 32.7 Å². The van der Waals surface area contributed by atoms with E-state index in [1.54, 1.807) is 7.05 Å². The zero-order valence-electron chi connectivity index (χ0n) is 15.4. The Morgan fingerprint density at radius 3 is 2.74 bits per heavy atom. The predicted molar refractivity (Wildman–Crippen MR) is 116 cm³/mol. The number of hydrogen-bond donors (Lipinski definition) is 2. The van der Waals surface area contributed by atoms with Crippen molar-refractivity contribution in [2.45, 2.75) is 24.7 Å². The van der Waals surface area contributed by atoms with Crippen LogP contribution in [-0.4, -0.2) is 37.9 Å². The lowest BCUT2D eigenvalue weighted by atomic mass is 9.95. The first-order valence-electron chi connectivity index (χ1n) is 9.04. The number of pyridine rings is 1. The van der Waals surface area contributed by atoms with Crippen LogP contribution >= 0.6 is 24.0 Å². The Morgan fingerprint density at radius 1 is 1.15 bits per heavy atom. The van der Waals surface area contributed by atoms with Crippen LogP contribution < -0.4 is 20.1 Å². The number of hydrogen-bond acceptors (Lipinski definition) is 4. The SMILES string of the molecule is CN=C(NCCc1ccccn1)NCC1(c2ccc3c(c2)OCO3)CC1.I. The van der Waals surface area contributed by atoms with Crippen LogP contribution in [0.5, 0.6) is 11.5 Å². The van der Waals surface area contributed by atoms with Gasteiger partial charge in [0.25, 0.3) is 0 Å². The van der Waals surface area contributed by atoms with Gasteiger partial charge in [-0.25, -0.2) is 0 Å². The van der Waals surface area contributed by atoms with E-state index in [9.17, 15) is 0 Å². The summed E-state index contributed by atoms with van der Waals surface area (Å²) in [6.45, 7) is 1.97. The van der Waals surface area contributed by atoms with Crippen molar-refractivity contribution in [3.8, 4) is 11.5 Å². The smallest absolute Gasteiger partial charge is 0.231 e. The number of aliphatic imine (C=N–C) groups is 1. The molecule has 1 aliphatic carbocycles. The third-order valence-electron chi connectivity index (χ3n) is 5.06. The molecule has 0 saturated heterocycles. The van der Waals surface area contributed by atoms with Gasteiger partial charge in [0.05, 0.1) is 0 Å². The molecule has 1 saturated carbocycles. The second-order valence-corrected chi connectivity index (χ2v) is 6.77. The van der Waals surface area contributed by atoms with Gasteiger partial charge in [0, 0.05) is 43.9 Å². The maximum absolute atomic E-state index is 5.52. The minimum atomic E-state index is 0. The van der Waals surface area contributed by atoms with Crippen LogP contribution in [0.15, 0.2) is 47.6 Å². The molecule has 0 bridgehead atoms. The van der Waals surface area contributed by atoms with Crippen LogP contribution in [0.2, 0.25) is 0 Å². The first-order chi connectivity index (χ1) is 12.8. The van der Waals surface area contributed by atoms with E-state index in [0.29, 0.717) is 6.79 Å². The fourth-order valence-electron chi connectivity index (χ4n) is 3.27. The highest BCUT2D eigenvalue weighted by molar-refractivity contribution is 14.0. The molecule has 2 aliphatic rings. The number of fused-ring (bicyclic) bond motifs is 1. The predicted octanol–water partition coefficient (Wildman–Crippen LogP) is 2.87. The average molecular weight is 480 g/mol. The van der Waals surface area contributed by atoms with Crippen molar-refractivity contribution >= 4 is 29.9 Å². The Morgan fingerprint density at radius 2 is 2.00 bits per heavy atom. The van der Waals surface area contributed by atoms with Crippen LogP contribution in [0, 0.1) is 0 Å². The molecule has 27 heavy (non-hydrogen) atoms. The van der Waals surface area contributed by atoms with Crippen LogP contribution in [0.3, 0.4) is 0 Å². The summed E-state index contributed by atoms with van der Waals surface area (Å²) in [6.07, 6.45) is 5.04. The summed E-state index contributed by atoms with van der Waals surface area (Å²) in [5, 5.41) is 6.84. The van der Waals surface area contributed by atoms with Crippen molar-refractivity contribution in [3.05, 3.63) is 53.9 Å². The minimum Gasteiger partial charge on any atom is -0.454 e. The molecule has 0 atom stereocenters. The van der Waals surface area contributed by atoms with Gasteiger partial charge >= 0.3 is 0 Å². The molecule has 2 heterocycles. The van der Waals surface area contributed by atoms with Crippen molar-refractivity contribution in [2.24, 2.45) is 4.99 Å². The van der Waals surface area contributed by atoms with Crippen LogP contribution in [-0.2, 0) is 11.8 Å². The Kier molecular flexibility index (Phi) is 6.41. The Hall–Kier alpha value is -2.03. The highest BCUT2D eigenvalue weighted by atomic mass is 127. The molecule has 0 spiro atoms. The Bertz CT molecular complexity index is 794. The number of aromatic nitrogens is 1. The van der Waals surface area contributed by atoms with E-state index < -0.39 is 0 Å². The van der Waals surface area contributed by atoms with Gasteiger partial charge in [-0.05, 0) is 42.7 Å². The third kappa shape index (κ3) is 4.63. The maximum Gasteiger partial charge on any atom is 0.231 e. The summed E-state index contributed by atoms with van der Waals surface area (Å²) < 4.78 is 10.9. The van der Waals surface area contributed by atoms with E-state index in [1.807, 2.05) is 30.5 Å². The van der Waals surface area contributed by atoms with Gasteiger partial charge in [-0.2, -0.15) is 0 Å². The molecule has 1 aromatic heterocycles. The quantitative estimate of drug-likeness (QED) is 0.378. The Labute approximate surface area is 176 Å². The number of benzene rings is 1. The number of ether oxygens (including phenoxy) is 2. The van der Waals surface area contributed by atoms with Gasteiger partial charge in [0.1, 0.15) is 0 Å². The summed E-state index contributed by atoms with van der Waals surface area (Å²) in [5.74, 6) is 2.52. The van der Waals surface area contributed by atoms with Gasteiger partial charge in [-0.3, -0.25) is 9.98 Å². The third-order valence-corrected chi connectivity index (χ3v) is 5.06. The fourth-order valence-corrected chi connectivity index (χ4v) is 3.27. The summed E-state index contributed by atoms with van der Waals surface area (Å²) in [7, 11) is 1.80. The number of guanidine groups is 1. The molecule has 0 unspecified atom stereocenters. The van der Waals surface area contributed by atoms with Crippen LogP contribution in [0.1, 0.15) is 24.1 Å². The molecule has 4 rings (SSSR count). The summed E-state index contributed by atoms with van der Waals surface area (Å²) in [4.78, 5) is 8.67. The topological polar surface area (TPSA) is 67.8 Å². The number of nitrogens with zero attached hydrogens (tertiary/aromatic N) is 2. The van der Waals surface area contributed by atoms with Crippen molar-refractivity contribution in [3.63, 3.8) is 0 Å². The lowest BCUT2D eigenvalue weighted by molar-refractivity contribution is 0.174. The first kappa shape index (κ1) is 19.7. The maximum atomic E-state index is 5.52. The first-order valence-corrected chi connectivity index (χ1v) is 9.04. The van der Waals surface area contributed by atoms with Crippen LogP contribution in [0.4, 0.5) is 0 Å². The fraction of sp³-hybridized carbons (Fsp3) is 0.400. The Balaban J connectivity index is 0.00000210. The van der Waals surface area contributed by atoms with E-state index in [4.69, 9.17) is 9.47 Å². The highest BCUT2D eigenvalue weighted by Crippen LogP contribution is 2.49.